The lowest BCUT2D eigenvalue weighted by Gasteiger charge is -2.32. The number of hydrogen-bond acceptors (Lipinski definition) is 4. The Kier molecular flexibility index (Phi) is 3.59. The van der Waals surface area contributed by atoms with Gasteiger partial charge >= 0.3 is 6.03 Å². The maximum atomic E-state index is 12.0. The first kappa shape index (κ1) is 13.3. The molecule has 0 bridgehead atoms. The van der Waals surface area contributed by atoms with E-state index in [1.54, 1.807) is 13.8 Å². The molecule has 6 heteroatoms. The SMILES string of the molecule is C[C@H]1CN(CCN2C(=O)NC(C)(C)C2=O)CCN1. The first-order valence-corrected chi connectivity index (χ1v) is 6.50. The highest BCUT2D eigenvalue weighted by Gasteiger charge is 2.43. The van der Waals surface area contributed by atoms with Crippen LogP contribution in [0.2, 0.25) is 0 Å². The monoisotopic (exact) mass is 254 g/mol. The van der Waals surface area contributed by atoms with Gasteiger partial charge in [0.25, 0.3) is 5.91 Å². The topological polar surface area (TPSA) is 64.7 Å². The van der Waals surface area contributed by atoms with Gasteiger partial charge in [0.1, 0.15) is 5.54 Å². The Bertz CT molecular complexity index is 356. The fourth-order valence-corrected chi connectivity index (χ4v) is 2.48. The molecule has 2 aliphatic rings. The molecule has 0 unspecified atom stereocenters. The molecule has 2 rings (SSSR count). The molecule has 2 fully saturated rings. The van der Waals surface area contributed by atoms with E-state index in [1.807, 2.05) is 0 Å². The van der Waals surface area contributed by atoms with E-state index in [0.29, 0.717) is 12.6 Å². The number of piperazine rings is 1. The zero-order valence-electron chi connectivity index (χ0n) is 11.3. The molecular formula is C12H22N4O2. The summed E-state index contributed by atoms with van der Waals surface area (Å²) in [5.74, 6) is -0.129. The lowest BCUT2D eigenvalue weighted by Crippen LogP contribution is -2.51. The highest BCUT2D eigenvalue weighted by Crippen LogP contribution is 2.16. The molecule has 2 N–H and O–H groups in total. The number of rotatable bonds is 3. The smallest absolute Gasteiger partial charge is 0.324 e. The predicted octanol–water partition coefficient (Wildman–Crippen LogP) is -0.389. The molecule has 0 saturated carbocycles. The molecule has 3 amide bonds. The Morgan fingerprint density at radius 2 is 2.06 bits per heavy atom. The third kappa shape index (κ3) is 2.64. The number of nitrogens with zero attached hydrogens (tertiary/aromatic N) is 2. The van der Waals surface area contributed by atoms with Crippen molar-refractivity contribution in [1.82, 2.24) is 20.4 Å². The summed E-state index contributed by atoms with van der Waals surface area (Å²) in [6, 6.07) is 0.200. The van der Waals surface area contributed by atoms with Gasteiger partial charge in [-0.1, -0.05) is 0 Å². The van der Waals surface area contributed by atoms with Crippen LogP contribution in [-0.2, 0) is 4.79 Å². The van der Waals surface area contributed by atoms with Crippen molar-refractivity contribution in [3.63, 3.8) is 0 Å². The van der Waals surface area contributed by atoms with Crippen molar-refractivity contribution < 1.29 is 9.59 Å². The van der Waals surface area contributed by atoms with Crippen molar-refractivity contribution >= 4 is 11.9 Å². The van der Waals surface area contributed by atoms with E-state index < -0.39 is 5.54 Å². The van der Waals surface area contributed by atoms with Crippen molar-refractivity contribution in [3.05, 3.63) is 0 Å². The van der Waals surface area contributed by atoms with E-state index in [0.717, 1.165) is 26.2 Å². The van der Waals surface area contributed by atoms with E-state index in [9.17, 15) is 9.59 Å². The van der Waals surface area contributed by atoms with Gasteiger partial charge in [0, 0.05) is 38.8 Å². The standard InChI is InChI=1S/C12H22N4O2/c1-9-8-15(5-4-13-9)6-7-16-10(17)12(2,3)14-11(16)18/h9,13H,4-8H2,1-3H3,(H,14,18)/t9-/m0/s1. The normalized spacial score (nSPS) is 28.6. The zero-order chi connectivity index (χ0) is 13.3. The fourth-order valence-electron chi connectivity index (χ4n) is 2.48. The summed E-state index contributed by atoms with van der Waals surface area (Å²) < 4.78 is 0. The van der Waals surface area contributed by atoms with Crippen molar-refractivity contribution in [2.45, 2.75) is 32.4 Å². The Labute approximate surface area is 108 Å². The van der Waals surface area contributed by atoms with Crippen LogP contribution < -0.4 is 10.6 Å². The van der Waals surface area contributed by atoms with Gasteiger partial charge in [-0.25, -0.2) is 4.79 Å². The average molecular weight is 254 g/mol. The van der Waals surface area contributed by atoms with Gasteiger partial charge in [-0.3, -0.25) is 14.6 Å². The summed E-state index contributed by atoms with van der Waals surface area (Å²) in [5, 5.41) is 6.07. The number of carbonyl (C=O) groups is 2. The van der Waals surface area contributed by atoms with Crippen molar-refractivity contribution in [3.8, 4) is 0 Å². The molecular weight excluding hydrogens is 232 g/mol. The Hall–Kier alpha value is -1.14. The van der Waals surface area contributed by atoms with Crippen LogP contribution in [0.15, 0.2) is 0 Å². The molecule has 2 heterocycles. The summed E-state index contributed by atoms with van der Waals surface area (Å²) in [4.78, 5) is 27.3. The summed E-state index contributed by atoms with van der Waals surface area (Å²) in [6.07, 6.45) is 0. The van der Waals surface area contributed by atoms with Crippen LogP contribution in [0.3, 0.4) is 0 Å². The Morgan fingerprint density at radius 3 is 2.61 bits per heavy atom. The van der Waals surface area contributed by atoms with Gasteiger partial charge in [0.15, 0.2) is 0 Å². The largest absolute Gasteiger partial charge is 0.325 e. The molecule has 0 radical (unpaired) electrons. The van der Waals surface area contributed by atoms with Crippen LogP contribution in [0, 0.1) is 0 Å². The molecule has 0 aromatic heterocycles. The summed E-state index contributed by atoms with van der Waals surface area (Å²) in [7, 11) is 0. The number of amides is 3. The molecule has 18 heavy (non-hydrogen) atoms. The second kappa shape index (κ2) is 4.85. The summed E-state index contributed by atoms with van der Waals surface area (Å²) in [6.45, 7) is 9.74. The highest BCUT2D eigenvalue weighted by molar-refractivity contribution is 6.06. The van der Waals surface area contributed by atoms with E-state index in [-0.39, 0.29) is 11.9 Å². The molecule has 2 aliphatic heterocycles. The number of imide groups is 1. The number of hydrogen-bond donors (Lipinski definition) is 2. The van der Waals surface area contributed by atoms with Crippen LogP contribution in [0.25, 0.3) is 0 Å². The minimum atomic E-state index is -0.756. The van der Waals surface area contributed by atoms with E-state index in [4.69, 9.17) is 0 Å². The molecule has 6 nitrogen and oxygen atoms in total. The zero-order valence-corrected chi connectivity index (χ0v) is 11.3. The Balaban J connectivity index is 1.87. The van der Waals surface area contributed by atoms with Crippen LogP contribution in [0.1, 0.15) is 20.8 Å². The highest BCUT2D eigenvalue weighted by atomic mass is 16.2. The average Bonchev–Trinajstić information content (AvgIpc) is 2.46. The lowest BCUT2D eigenvalue weighted by molar-refractivity contribution is -0.130. The van der Waals surface area contributed by atoms with Crippen molar-refractivity contribution in [1.29, 1.82) is 0 Å². The van der Waals surface area contributed by atoms with E-state index in [1.165, 1.54) is 4.90 Å². The molecule has 1 atom stereocenters. The van der Waals surface area contributed by atoms with Crippen LogP contribution in [-0.4, -0.2) is 66.0 Å². The van der Waals surface area contributed by atoms with Gasteiger partial charge in [-0.2, -0.15) is 0 Å². The predicted molar refractivity (Wildman–Crippen MR) is 68.2 cm³/mol. The maximum Gasteiger partial charge on any atom is 0.325 e. The molecule has 0 aromatic rings. The van der Waals surface area contributed by atoms with E-state index >= 15 is 0 Å². The van der Waals surface area contributed by atoms with Crippen LogP contribution in [0.5, 0.6) is 0 Å². The molecule has 0 aromatic carbocycles. The third-order valence-corrected chi connectivity index (χ3v) is 3.54. The molecule has 0 spiro atoms. The minimum absolute atomic E-state index is 0.129. The second-order valence-electron chi connectivity index (χ2n) is 5.67. The second-order valence-corrected chi connectivity index (χ2v) is 5.67. The van der Waals surface area contributed by atoms with Gasteiger partial charge in [-0.05, 0) is 20.8 Å². The first-order valence-electron chi connectivity index (χ1n) is 6.50. The number of carbonyl (C=O) groups excluding carboxylic acids is 2. The summed E-state index contributed by atoms with van der Waals surface area (Å²) in [5.41, 5.74) is -0.756. The van der Waals surface area contributed by atoms with E-state index in [2.05, 4.69) is 22.5 Å². The Morgan fingerprint density at radius 1 is 1.33 bits per heavy atom. The number of nitrogens with one attached hydrogen (secondary N) is 2. The van der Waals surface area contributed by atoms with Crippen LogP contribution in [0.4, 0.5) is 4.79 Å². The summed E-state index contributed by atoms with van der Waals surface area (Å²) >= 11 is 0. The molecule has 2 saturated heterocycles. The van der Waals surface area contributed by atoms with Gasteiger partial charge < -0.3 is 10.6 Å². The minimum Gasteiger partial charge on any atom is -0.324 e. The van der Waals surface area contributed by atoms with Gasteiger partial charge in [0.05, 0.1) is 0 Å². The third-order valence-electron chi connectivity index (χ3n) is 3.54. The number of urea groups is 1. The van der Waals surface area contributed by atoms with Crippen molar-refractivity contribution in [2.24, 2.45) is 0 Å². The van der Waals surface area contributed by atoms with Gasteiger partial charge in [0.2, 0.25) is 0 Å². The fraction of sp³-hybridized carbons (Fsp3) is 0.833. The lowest BCUT2D eigenvalue weighted by atomic mass is 10.1. The molecule has 0 aliphatic carbocycles. The maximum absolute atomic E-state index is 12.0. The molecule has 102 valence electrons. The first-order chi connectivity index (χ1) is 8.40. The van der Waals surface area contributed by atoms with Crippen molar-refractivity contribution in [2.75, 3.05) is 32.7 Å². The van der Waals surface area contributed by atoms with Crippen LogP contribution >= 0.6 is 0 Å². The van der Waals surface area contributed by atoms with Gasteiger partial charge in [-0.15, -0.1) is 0 Å². The quantitative estimate of drug-likeness (QED) is 0.673.